The number of hydrogen-bond acceptors (Lipinski definition) is 6. The van der Waals surface area contributed by atoms with Crippen molar-refractivity contribution in [1.82, 2.24) is 14.3 Å². The third kappa shape index (κ3) is 4.42. The number of nitrogen functional groups attached to an aromatic ring is 1. The lowest BCUT2D eigenvalue weighted by molar-refractivity contribution is 0.414. The largest absolute Gasteiger partial charge is 0.497 e. The fraction of sp³-hybridized carbons (Fsp3) is 0.0968. The zero-order valence-corrected chi connectivity index (χ0v) is 21.5. The fourth-order valence-corrected chi connectivity index (χ4v) is 4.69. The minimum atomic E-state index is -0.216. The van der Waals surface area contributed by atoms with E-state index in [0.29, 0.717) is 34.6 Å². The van der Waals surface area contributed by atoms with Crippen LogP contribution in [0.15, 0.2) is 102 Å². The first-order valence-corrected chi connectivity index (χ1v) is 12.4. The lowest BCUT2D eigenvalue weighted by atomic mass is 10.1. The van der Waals surface area contributed by atoms with Crippen LogP contribution in [0, 0.1) is 0 Å². The first-order chi connectivity index (χ1) is 19.1. The molecule has 8 heteroatoms. The second kappa shape index (κ2) is 9.90. The molecule has 8 nitrogen and oxygen atoms in total. The van der Waals surface area contributed by atoms with Crippen LogP contribution in [0.2, 0.25) is 0 Å². The molecule has 6 rings (SSSR count). The van der Waals surface area contributed by atoms with E-state index in [4.69, 9.17) is 25.0 Å². The molecule has 39 heavy (non-hydrogen) atoms. The van der Waals surface area contributed by atoms with Gasteiger partial charge in [-0.3, -0.25) is 4.79 Å². The predicted molar refractivity (Wildman–Crippen MR) is 152 cm³/mol. The molecule has 2 heterocycles. The Morgan fingerprint density at radius 3 is 2.10 bits per heavy atom. The van der Waals surface area contributed by atoms with Gasteiger partial charge in [0.15, 0.2) is 0 Å². The molecule has 0 saturated heterocycles. The summed E-state index contributed by atoms with van der Waals surface area (Å²) in [5.41, 5.74) is 9.30. The van der Waals surface area contributed by atoms with Crippen LogP contribution in [-0.2, 0) is 6.54 Å². The number of methoxy groups -OCH3 is 2. The zero-order chi connectivity index (χ0) is 26.9. The Balaban J connectivity index is 1.47. The maximum atomic E-state index is 13.9. The molecular weight excluding hydrogens is 492 g/mol. The highest BCUT2D eigenvalue weighted by atomic mass is 16.5. The number of rotatable bonds is 7. The van der Waals surface area contributed by atoms with E-state index in [1.54, 1.807) is 23.5 Å². The van der Waals surface area contributed by atoms with Crippen LogP contribution in [-0.4, -0.2) is 28.6 Å². The molecule has 194 valence electrons. The van der Waals surface area contributed by atoms with Crippen LogP contribution < -0.4 is 25.5 Å². The number of aromatic nitrogens is 3. The lowest BCUT2D eigenvalue weighted by Gasteiger charge is -2.13. The van der Waals surface area contributed by atoms with Crippen molar-refractivity contribution in [3.63, 3.8) is 0 Å². The molecule has 2 aromatic heterocycles. The highest BCUT2D eigenvalue weighted by Gasteiger charge is 2.20. The number of pyridine rings is 1. The van der Waals surface area contributed by atoms with Crippen molar-refractivity contribution in [3.8, 4) is 28.7 Å². The topological polar surface area (TPSA) is 93.5 Å². The van der Waals surface area contributed by atoms with Gasteiger partial charge in [0, 0.05) is 5.39 Å². The van der Waals surface area contributed by atoms with Crippen molar-refractivity contribution >= 4 is 27.6 Å². The fourth-order valence-electron chi connectivity index (χ4n) is 4.69. The van der Waals surface area contributed by atoms with Gasteiger partial charge < -0.3 is 24.5 Å². The zero-order valence-electron chi connectivity index (χ0n) is 21.5. The van der Waals surface area contributed by atoms with E-state index in [1.807, 2.05) is 97.1 Å². The average molecular weight is 519 g/mol. The van der Waals surface area contributed by atoms with E-state index >= 15 is 0 Å². The minimum absolute atomic E-state index is 0.216. The minimum Gasteiger partial charge on any atom is -0.497 e. The monoisotopic (exact) mass is 518 g/mol. The van der Waals surface area contributed by atoms with Crippen LogP contribution in [0.3, 0.4) is 0 Å². The third-order valence-corrected chi connectivity index (χ3v) is 6.69. The van der Waals surface area contributed by atoms with Crippen molar-refractivity contribution < 1.29 is 14.2 Å². The average Bonchev–Trinajstić information content (AvgIpc) is 3.33. The van der Waals surface area contributed by atoms with Gasteiger partial charge in [-0.25, -0.2) is 4.68 Å². The molecule has 0 radical (unpaired) electrons. The van der Waals surface area contributed by atoms with Crippen LogP contribution in [0.5, 0.6) is 23.0 Å². The van der Waals surface area contributed by atoms with Gasteiger partial charge in [-0.15, -0.1) is 0 Å². The Kier molecular flexibility index (Phi) is 6.13. The predicted octanol–water partition coefficient (Wildman–Crippen LogP) is 5.78. The molecule has 0 atom stereocenters. The Hall–Kier alpha value is -5.24. The molecular formula is C31H26N4O4. The van der Waals surface area contributed by atoms with E-state index in [9.17, 15) is 4.79 Å². The number of nitrogens with two attached hydrogens (primary N) is 1. The van der Waals surface area contributed by atoms with Crippen LogP contribution in [0.25, 0.3) is 27.5 Å². The van der Waals surface area contributed by atoms with Gasteiger partial charge >= 0.3 is 0 Å². The number of fused-ring (bicyclic) bond motifs is 3. The van der Waals surface area contributed by atoms with Crippen molar-refractivity contribution in [2.24, 2.45) is 0 Å². The molecule has 0 unspecified atom stereocenters. The first-order valence-electron chi connectivity index (χ1n) is 12.4. The molecule has 0 aliphatic heterocycles. The van der Waals surface area contributed by atoms with Crippen LogP contribution in [0.1, 0.15) is 5.56 Å². The molecule has 2 N–H and O–H groups in total. The lowest BCUT2D eigenvalue weighted by Crippen LogP contribution is -2.22. The first kappa shape index (κ1) is 24.1. The molecule has 4 aromatic carbocycles. The van der Waals surface area contributed by atoms with Crippen LogP contribution in [0.4, 0.5) is 5.82 Å². The number of nitrogens with zero attached hydrogens (tertiary/aromatic N) is 3. The van der Waals surface area contributed by atoms with E-state index < -0.39 is 0 Å². The molecule has 0 fully saturated rings. The molecule has 0 spiro atoms. The molecule has 0 aliphatic rings. The summed E-state index contributed by atoms with van der Waals surface area (Å²) in [6.45, 7) is 0.359. The Labute approximate surface area is 224 Å². The second-order valence-electron chi connectivity index (χ2n) is 9.05. The quantitative estimate of drug-likeness (QED) is 0.288. The molecule has 0 bridgehead atoms. The molecule has 0 amide bonds. The van der Waals surface area contributed by atoms with E-state index in [0.717, 1.165) is 28.0 Å². The van der Waals surface area contributed by atoms with E-state index in [1.165, 1.54) is 0 Å². The maximum Gasteiger partial charge on any atom is 0.264 e. The number of para-hydroxylation sites is 1. The number of hydrogen-bond donors (Lipinski definition) is 1. The Morgan fingerprint density at radius 2 is 1.41 bits per heavy atom. The summed E-state index contributed by atoms with van der Waals surface area (Å²) in [7, 11) is 3.23. The van der Waals surface area contributed by atoms with Gasteiger partial charge in [-0.2, -0.15) is 5.10 Å². The van der Waals surface area contributed by atoms with Crippen molar-refractivity contribution in [2.75, 3.05) is 20.0 Å². The summed E-state index contributed by atoms with van der Waals surface area (Å²) in [6, 6.07) is 30.2. The highest BCUT2D eigenvalue weighted by Crippen LogP contribution is 2.31. The summed E-state index contributed by atoms with van der Waals surface area (Å²) in [4.78, 5) is 13.9. The number of ether oxygens (including phenoxy) is 3. The Morgan fingerprint density at radius 1 is 0.769 bits per heavy atom. The standard InChI is InChI=1S/C31H26N4O4/c1-37-22-12-8-20(9-13-22)19-34-27-17-16-25(38-2)18-26(27)29-28(31(34)36)30(32)35(33-29)21-10-14-24(15-11-21)39-23-6-4-3-5-7-23/h3-18H,19,32H2,1-2H3. The SMILES string of the molecule is COc1ccc(Cn2c(=O)c3c(N)n(-c4ccc(Oc5ccccc5)cc4)nc3c3cc(OC)ccc32)cc1. The van der Waals surface area contributed by atoms with Gasteiger partial charge in [-0.1, -0.05) is 30.3 Å². The summed E-state index contributed by atoms with van der Waals surface area (Å²) < 4.78 is 20.0. The number of anilines is 1. The van der Waals surface area contributed by atoms with Crippen molar-refractivity contribution in [2.45, 2.75) is 6.54 Å². The van der Waals surface area contributed by atoms with Gasteiger partial charge in [0.1, 0.15) is 39.7 Å². The summed E-state index contributed by atoms with van der Waals surface area (Å²) in [6.07, 6.45) is 0. The van der Waals surface area contributed by atoms with E-state index in [2.05, 4.69) is 0 Å². The molecule has 6 aromatic rings. The summed E-state index contributed by atoms with van der Waals surface area (Å²) >= 11 is 0. The van der Waals surface area contributed by atoms with Crippen molar-refractivity contribution in [1.29, 1.82) is 0 Å². The van der Waals surface area contributed by atoms with E-state index in [-0.39, 0.29) is 11.4 Å². The summed E-state index contributed by atoms with van der Waals surface area (Å²) in [5.74, 6) is 3.10. The maximum absolute atomic E-state index is 13.9. The smallest absolute Gasteiger partial charge is 0.264 e. The third-order valence-electron chi connectivity index (χ3n) is 6.69. The van der Waals surface area contributed by atoms with Gasteiger partial charge in [0.2, 0.25) is 0 Å². The second-order valence-corrected chi connectivity index (χ2v) is 9.05. The van der Waals surface area contributed by atoms with Crippen LogP contribution >= 0.6 is 0 Å². The molecule has 0 aliphatic carbocycles. The normalized spacial score (nSPS) is 11.1. The van der Waals surface area contributed by atoms with Crippen molar-refractivity contribution in [3.05, 3.63) is 113 Å². The molecule has 0 saturated carbocycles. The number of benzene rings is 4. The summed E-state index contributed by atoms with van der Waals surface area (Å²) in [5, 5.41) is 5.92. The van der Waals surface area contributed by atoms with Gasteiger partial charge in [0.25, 0.3) is 5.56 Å². The Bertz CT molecular complexity index is 1840. The van der Waals surface area contributed by atoms with Gasteiger partial charge in [0.05, 0.1) is 32.0 Å². The van der Waals surface area contributed by atoms with Gasteiger partial charge in [-0.05, 0) is 72.3 Å². The highest BCUT2D eigenvalue weighted by molar-refractivity contribution is 6.07.